The monoisotopic (exact) mass is 453 g/mol. The molecule has 1 amide bonds. The van der Waals surface area contributed by atoms with E-state index in [1.54, 1.807) is 18.7 Å². The number of thiophene rings is 1. The van der Waals surface area contributed by atoms with Crippen molar-refractivity contribution < 1.29 is 13.2 Å². The van der Waals surface area contributed by atoms with E-state index >= 15 is 0 Å². The van der Waals surface area contributed by atoms with Crippen molar-refractivity contribution in [1.82, 2.24) is 4.72 Å². The Morgan fingerprint density at radius 3 is 2.72 bits per heavy atom. The number of hydrogen-bond acceptors (Lipinski definition) is 6. The first-order valence-electron chi connectivity index (χ1n) is 9.62. The van der Waals surface area contributed by atoms with Gasteiger partial charge in [-0.15, -0.1) is 11.3 Å². The van der Waals surface area contributed by atoms with Gasteiger partial charge in [-0.2, -0.15) is 11.8 Å². The molecule has 2 N–H and O–H groups in total. The number of carbonyl (C=O) groups excluding carboxylic acids is 1. The predicted molar refractivity (Wildman–Crippen MR) is 124 cm³/mol. The maximum absolute atomic E-state index is 12.6. The minimum Gasteiger partial charge on any atom is -0.367 e. The second-order valence-corrected chi connectivity index (χ2v) is 11.0. The van der Waals surface area contributed by atoms with Gasteiger partial charge in [-0.1, -0.05) is 0 Å². The summed E-state index contributed by atoms with van der Waals surface area (Å²) in [6.45, 7) is 3.44. The van der Waals surface area contributed by atoms with Crippen LogP contribution in [0.25, 0.3) is 0 Å². The summed E-state index contributed by atoms with van der Waals surface area (Å²) in [5, 5.41) is 4.99. The molecule has 1 aliphatic heterocycles. The highest BCUT2D eigenvalue weighted by molar-refractivity contribution is 7.98. The molecule has 6 nitrogen and oxygen atoms in total. The van der Waals surface area contributed by atoms with Gasteiger partial charge >= 0.3 is 0 Å². The summed E-state index contributed by atoms with van der Waals surface area (Å²) in [7, 11) is -3.45. The van der Waals surface area contributed by atoms with Crippen LogP contribution in [-0.2, 0) is 27.8 Å². The molecule has 0 radical (unpaired) electrons. The zero-order valence-corrected chi connectivity index (χ0v) is 19.1. The lowest BCUT2D eigenvalue weighted by atomic mass is 10.1. The van der Waals surface area contributed by atoms with Crippen molar-refractivity contribution in [2.24, 2.45) is 0 Å². The number of amides is 1. The van der Waals surface area contributed by atoms with Crippen LogP contribution in [0.3, 0.4) is 0 Å². The van der Waals surface area contributed by atoms with Gasteiger partial charge < -0.3 is 10.2 Å². The van der Waals surface area contributed by atoms with Crippen LogP contribution in [0.5, 0.6) is 0 Å². The van der Waals surface area contributed by atoms with Gasteiger partial charge in [0.2, 0.25) is 15.9 Å². The third-order valence-corrected chi connectivity index (χ3v) is 8.01. The van der Waals surface area contributed by atoms with Gasteiger partial charge in [0.1, 0.15) is 6.04 Å². The minimum atomic E-state index is -3.45. The fourth-order valence-corrected chi connectivity index (χ4v) is 5.42. The van der Waals surface area contributed by atoms with E-state index in [9.17, 15) is 13.2 Å². The molecule has 0 saturated carbocycles. The van der Waals surface area contributed by atoms with Crippen LogP contribution >= 0.6 is 23.1 Å². The Kier molecular flexibility index (Phi) is 7.61. The lowest BCUT2D eigenvalue weighted by Crippen LogP contribution is -2.44. The van der Waals surface area contributed by atoms with E-state index in [1.165, 1.54) is 10.4 Å². The molecule has 0 spiro atoms. The van der Waals surface area contributed by atoms with Crippen molar-refractivity contribution in [2.75, 3.05) is 34.5 Å². The molecule has 2 heterocycles. The third kappa shape index (κ3) is 5.97. The second-order valence-electron chi connectivity index (χ2n) is 6.93. The smallest absolute Gasteiger partial charge is 0.242 e. The number of benzene rings is 1. The summed E-state index contributed by atoms with van der Waals surface area (Å²) >= 11 is 3.40. The van der Waals surface area contributed by atoms with E-state index in [0.717, 1.165) is 25.2 Å². The maximum Gasteiger partial charge on any atom is 0.242 e. The summed E-state index contributed by atoms with van der Waals surface area (Å²) < 4.78 is 26.3. The number of fused-ring (bicyclic) bond motifs is 1. The molecular weight excluding hydrogens is 426 g/mol. The van der Waals surface area contributed by atoms with Crippen LogP contribution in [0.15, 0.2) is 35.7 Å². The van der Waals surface area contributed by atoms with Crippen LogP contribution in [0.1, 0.15) is 23.8 Å². The van der Waals surface area contributed by atoms with Crippen LogP contribution in [0.2, 0.25) is 0 Å². The van der Waals surface area contributed by atoms with Crippen molar-refractivity contribution in [3.8, 4) is 0 Å². The first-order valence-corrected chi connectivity index (χ1v) is 13.5. The second kappa shape index (κ2) is 9.97. The van der Waals surface area contributed by atoms with Crippen LogP contribution in [-0.4, -0.2) is 44.7 Å². The first-order chi connectivity index (χ1) is 13.9. The van der Waals surface area contributed by atoms with Crippen molar-refractivity contribution in [3.63, 3.8) is 0 Å². The molecule has 1 aromatic carbocycles. The molecule has 1 aromatic heterocycles. The molecule has 1 aliphatic rings. The molecule has 1 unspecified atom stereocenters. The Bertz CT molecular complexity index is 926. The Labute approximate surface area is 181 Å². The standard InChI is InChI=1S/C20H27N3O3S3/c1-3-29(25,26)22-18(10-12-27-2)20(24)21-16-4-6-17(7-5-16)23-11-8-19-15(14-23)9-13-28-19/h4-7,9,13,18,22H,3,8,10-12,14H2,1-2H3,(H,21,24). The molecule has 0 aliphatic carbocycles. The van der Waals surface area contributed by atoms with E-state index in [2.05, 4.69) is 26.4 Å². The zero-order valence-electron chi connectivity index (χ0n) is 16.7. The molecule has 1 atom stereocenters. The Hall–Kier alpha value is -1.55. The molecule has 2 aromatic rings. The van der Waals surface area contributed by atoms with Crippen molar-refractivity contribution in [1.29, 1.82) is 0 Å². The average molecular weight is 454 g/mol. The minimum absolute atomic E-state index is 0.0492. The number of sulfonamides is 1. The third-order valence-electron chi connectivity index (χ3n) is 4.94. The normalized spacial score (nSPS) is 15.0. The Morgan fingerprint density at radius 1 is 1.28 bits per heavy atom. The van der Waals surface area contributed by atoms with Gasteiger partial charge in [0.05, 0.1) is 5.75 Å². The molecular formula is C20H27N3O3S3. The predicted octanol–water partition coefficient (Wildman–Crippen LogP) is 3.31. The summed E-state index contributed by atoms with van der Waals surface area (Å²) in [5.74, 6) is 0.319. The molecule has 3 rings (SSSR count). The maximum atomic E-state index is 12.6. The van der Waals surface area contributed by atoms with Crippen LogP contribution in [0, 0.1) is 0 Å². The van der Waals surface area contributed by atoms with Gasteiger partial charge in [0, 0.05) is 29.3 Å². The number of anilines is 2. The summed E-state index contributed by atoms with van der Waals surface area (Å²) in [5.41, 5.74) is 3.17. The van der Waals surface area contributed by atoms with Gasteiger partial charge in [-0.25, -0.2) is 13.1 Å². The SMILES string of the molecule is CCS(=O)(=O)NC(CCSC)C(=O)Nc1ccc(N2CCc3sccc3C2)cc1. The van der Waals surface area contributed by atoms with Gasteiger partial charge in [0.15, 0.2) is 0 Å². The fraction of sp³-hybridized carbons (Fsp3) is 0.450. The largest absolute Gasteiger partial charge is 0.367 e. The van der Waals surface area contributed by atoms with Crippen LogP contribution < -0.4 is 14.9 Å². The number of nitrogens with one attached hydrogen (secondary N) is 2. The number of hydrogen-bond donors (Lipinski definition) is 2. The van der Waals surface area contributed by atoms with Crippen molar-refractivity contribution in [2.45, 2.75) is 32.4 Å². The van der Waals surface area contributed by atoms with E-state index in [1.807, 2.05) is 41.9 Å². The first kappa shape index (κ1) is 22.1. The summed E-state index contributed by atoms with van der Waals surface area (Å²) in [6, 6.07) is 9.16. The zero-order chi connectivity index (χ0) is 20.9. The van der Waals surface area contributed by atoms with Crippen molar-refractivity contribution in [3.05, 3.63) is 46.2 Å². The van der Waals surface area contributed by atoms with E-state index in [4.69, 9.17) is 0 Å². The number of carbonyl (C=O) groups is 1. The van der Waals surface area contributed by atoms with E-state index < -0.39 is 16.1 Å². The Balaban J connectivity index is 1.63. The quantitative estimate of drug-likeness (QED) is 0.609. The van der Waals surface area contributed by atoms with E-state index in [0.29, 0.717) is 17.9 Å². The molecule has 0 bridgehead atoms. The van der Waals surface area contributed by atoms with Crippen molar-refractivity contribution >= 4 is 50.4 Å². The highest BCUT2D eigenvalue weighted by Crippen LogP contribution is 2.28. The number of thioether (sulfide) groups is 1. The highest BCUT2D eigenvalue weighted by Gasteiger charge is 2.23. The van der Waals surface area contributed by atoms with Crippen LogP contribution in [0.4, 0.5) is 11.4 Å². The van der Waals surface area contributed by atoms with E-state index in [-0.39, 0.29) is 11.7 Å². The molecule has 0 saturated heterocycles. The number of rotatable bonds is 9. The van der Waals surface area contributed by atoms with Gasteiger partial charge in [0.25, 0.3) is 0 Å². The molecule has 0 fully saturated rings. The molecule has 9 heteroatoms. The lowest BCUT2D eigenvalue weighted by molar-refractivity contribution is -0.117. The lowest BCUT2D eigenvalue weighted by Gasteiger charge is -2.29. The van der Waals surface area contributed by atoms with Gasteiger partial charge in [-0.05, 0) is 73.0 Å². The summed E-state index contributed by atoms with van der Waals surface area (Å²) in [6.07, 6.45) is 3.43. The van der Waals surface area contributed by atoms with Gasteiger partial charge in [-0.3, -0.25) is 4.79 Å². The molecule has 29 heavy (non-hydrogen) atoms. The highest BCUT2D eigenvalue weighted by atomic mass is 32.2. The molecule has 158 valence electrons. The Morgan fingerprint density at radius 2 is 2.03 bits per heavy atom. The fourth-order valence-electron chi connectivity index (χ4n) is 3.23. The summed E-state index contributed by atoms with van der Waals surface area (Å²) in [4.78, 5) is 16.4. The topological polar surface area (TPSA) is 78.5 Å². The average Bonchev–Trinajstić information content (AvgIpc) is 3.19. The number of nitrogens with zero attached hydrogens (tertiary/aromatic N) is 1.